The Morgan fingerprint density at radius 2 is 1.63 bits per heavy atom. The summed E-state index contributed by atoms with van der Waals surface area (Å²) in [6.45, 7) is 1.91. The largest absolute Gasteiger partial charge is 0.465 e. The molecular formula is C22H20O8. The van der Waals surface area contributed by atoms with Crippen LogP contribution in [0.25, 0.3) is 0 Å². The molecule has 8 nitrogen and oxygen atoms in total. The lowest BCUT2D eigenvalue weighted by Gasteiger charge is -2.25. The molecule has 3 heterocycles. The highest BCUT2D eigenvalue weighted by molar-refractivity contribution is 5.77. The molecule has 0 aliphatic carbocycles. The fourth-order valence-electron chi connectivity index (χ4n) is 4.13. The van der Waals surface area contributed by atoms with E-state index >= 15 is 0 Å². The molecule has 0 unspecified atom stereocenters. The second-order valence-electron chi connectivity index (χ2n) is 7.45. The van der Waals surface area contributed by atoms with Gasteiger partial charge in [0.25, 0.3) is 0 Å². The topological polar surface area (TPSA) is 89.5 Å². The maximum atomic E-state index is 12.7. The van der Waals surface area contributed by atoms with Crippen LogP contribution in [0.1, 0.15) is 24.2 Å². The van der Waals surface area contributed by atoms with E-state index in [0.29, 0.717) is 35.0 Å². The first-order valence-electron chi connectivity index (χ1n) is 9.70. The molecular weight excluding hydrogens is 392 g/mol. The maximum Gasteiger partial charge on any atom is 0.313 e. The molecule has 3 aliphatic heterocycles. The number of hydrogen-bond acceptors (Lipinski definition) is 8. The van der Waals surface area contributed by atoms with E-state index in [-0.39, 0.29) is 32.1 Å². The summed E-state index contributed by atoms with van der Waals surface area (Å²) in [4.78, 5) is 24.5. The fraction of sp³-hybridized carbons (Fsp3) is 0.364. The van der Waals surface area contributed by atoms with Crippen LogP contribution in [-0.4, -0.2) is 32.1 Å². The van der Waals surface area contributed by atoms with Crippen LogP contribution >= 0.6 is 0 Å². The molecule has 0 radical (unpaired) electrons. The number of rotatable bonds is 5. The smallest absolute Gasteiger partial charge is 0.313 e. The van der Waals surface area contributed by atoms with Gasteiger partial charge in [0.05, 0.1) is 6.61 Å². The number of hydrogen-bond donors (Lipinski definition) is 0. The molecule has 0 amide bonds. The summed E-state index contributed by atoms with van der Waals surface area (Å²) in [5.41, 5.74) is 1.65. The van der Waals surface area contributed by atoms with E-state index in [0.717, 1.165) is 5.56 Å². The predicted octanol–water partition coefficient (Wildman–Crippen LogP) is 2.78. The predicted molar refractivity (Wildman–Crippen MR) is 101 cm³/mol. The second kappa shape index (κ2) is 7.44. The van der Waals surface area contributed by atoms with Crippen molar-refractivity contribution in [3.63, 3.8) is 0 Å². The quantitative estimate of drug-likeness (QED) is 0.693. The first-order chi connectivity index (χ1) is 14.6. The third-order valence-corrected chi connectivity index (χ3v) is 5.50. The van der Waals surface area contributed by atoms with Gasteiger partial charge in [0.1, 0.15) is 12.0 Å². The molecule has 3 atom stereocenters. The van der Waals surface area contributed by atoms with Gasteiger partial charge in [0.15, 0.2) is 23.0 Å². The van der Waals surface area contributed by atoms with Gasteiger partial charge in [-0.05, 0) is 41.8 Å². The Labute approximate surface area is 172 Å². The number of fused-ring (bicyclic) bond motifs is 2. The Bertz CT molecular complexity index is 1000. The molecule has 30 heavy (non-hydrogen) atoms. The van der Waals surface area contributed by atoms with E-state index in [1.807, 2.05) is 18.2 Å². The molecule has 2 aromatic rings. The summed E-state index contributed by atoms with van der Waals surface area (Å²) in [6, 6.07) is 11.0. The Morgan fingerprint density at radius 3 is 2.37 bits per heavy atom. The molecule has 3 aliphatic rings. The minimum Gasteiger partial charge on any atom is -0.465 e. The van der Waals surface area contributed by atoms with Crippen molar-refractivity contribution >= 4 is 11.9 Å². The van der Waals surface area contributed by atoms with Crippen molar-refractivity contribution in [2.24, 2.45) is 11.8 Å². The summed E-state index contributed by atoms with van der Waals surface area (Å²) in [5.74, 6) is 0.888. The molecule has 0 bridgehead atoms. The van der Waals surface area contributed by atoms with Gasteiger partial charge < -0.3 is 28.4 Å². The number of benzene rings is 2. The highest BCUT2D eigenvalue weighted by Gasteiger charge is 2.45. The molecule has 2 aromatic carbocycles. The van der Waals surface area contributed by atoms with E-state index in [1.54, 1.807) is 18.2 Å². The van der Waals surface area contributed by atoms with Gasteiger partial charge in [-0.15, -0.1) is 0 Å². The number of ether oxygens (including phenoxy) is 6. The van der Waals surface area contributed by atoms with Crippen LogP contribution < -0.4 is 18.9 Å². The normalized spacial score (nSPS) is 22.0. The first kappa shape index (κ1) is 18.6. The molecule has 156 valence electrons. The number of cyclic esters (lactones) is 1. The summed E-state index contributed by atoms with van der Waals surface area (Å²) in [5, 5.41) is 0. The summed E-state index contributed by atoms with van der Waals surface area (Å²) in [7, 11) is 0. The Morgan fingerprint density at radius 1 is 0.967 bits per heavy atom. The number of carbonyl (C=O) groups excluding carboxylic acids is 2. The molecule has 8 heteroatoms. The van der Waals surface area contributed by atoms with Crippen LogP contribution in [-0.2, 0) is 25.5 Å². The molecule has 0 spiro atoms. The minimum atomic E-state index is -0.786. The average Bonchev–Trinajstić information content (AvgIpc) is 3.45. The van der Waals surface area contributed by atoms with Crippen molar-refractivity contribution in [3.05, 3.63) is 47.5 Å². The lowest BCUT2D eigenvalue weighted by molar-refractivity contribution is -0.155. The van der Waals surface area contributed by atoms with Crippen molar-refractivity contribution in [2.75, 3.05) is 20.2 Å². The standard InChI is InChI=1S/C22H20O8/c1-12(23)30-21(14-3-5-17-19(8-14)29-11-27-17)20-15(9-25-22(20)24)6-13-2-4-16-18(7-13)28-10-26-16/h2-5,7-8,15,20-21H,6,9-11H2,1H3/t15-,20-,21+/m0/s1. The van der Waals surface area contributed by atoms with Crippen molar-refractivity contribution in [3.8, 4) is 23.0 Å². The van der Waals surface area contributed by atoms with Crippen LogP contribution in [0.2, 0.25) is 0 Å². The van der Waals surface area contributed by atoms with Crippen molar-refractivity contribution in [2.45, 2.75) is 19.4 Å². The summed E-state index contributed by atoms with van der Waals surface area (Å²) >= 11 is 0. The van der Waals surface area contributed by atoms with Gasteiger partial charge in [-0.25, -0.2) is 0 Å². The zero-order chi connectivity index (χ0) is 20.7. The Balaban J connectivity index is 1.44. The molecule has 1 saturated heterocycles. The van der Waals surface area contributed by atoms with Crippen molar-refractivity contribution in [1.82, 2.24) is 0 Å². The third kappa shape index (κ3) is 3.38. The van der Waals surface area contributed by atoms with E-state index < -0.39 is 18.0 Å². The number of carbonyl (C=O) groups is 2. The number of esters is 2. The fourth-order valence-corrected chi connectivity index (χ4v) is 4.13. The van der Waals surface area contributed by atoms with Gasteiger partial charge >= 0.3 is 11.9 Å². The zero-order valence-electron chi connectivity index (χ0n) is 16.3. The zero-order valence-corrected chi connectivity index (χ0v) is 16.3. The Hall–Kier alpha value is -3.42. The first-order valence-corrected chi connectivity index (χ1v) is 9.70. The van der Waals surface area contributed by atoms with E-state index in [2.05, 4.69) is 0 Å². The van der Waals surface area contributed by atoms with Gasteiger partial charge in [0.2, 0.25) is 13.6 Å². The SMILES string of the molecule is CC(=O)O[C@H](c1ccc2c(c1)OCO2)[C@H]1C(=O)OC[C@@H]1Cc1ccc2c(c1)OCO2. The van der Waals surface area contributed by atoms with Gasteiger partial charge in [-0.2, -0.15) is 0 Å². The molecule has 0 saturated carbocycles. The van der Waals surface area contributed by atoms with E-state index in [9.17, 15) is 9.59 Å². The monoisotopic (exact) mass is 412 g/mol. The van der Waals surface area contributed by atoms with E-state index in [4.69, 9.17) is 28.4 Å². The highest BCUT2D eigenvalue weighted by Crippen LogP contribution is 2.42. The summed E-state index contributed by atoms with van der Waals surface area (Å²) < 4.78 is 32.6. The minimum absolute atomic E-state index is 0.134. The Kier molecular flexibility index (Phi) is 4.61. The van der Waals surface area contributed by atoms with Crippen LogP contribution in [0.15, 0.2) is 36.4 Å². The average molecular weight is 412 g/mol. The molecule has 5 rings (SSSR count). The maximum absolute atomic E-state index is 12.7. The third-order valence-electron chi connectivity index (χ3n) is 5.50. The van der Waals surface area contributed by atoms with Crippen LogP contribution in [0.5, 0.6) is 23.0 Å². The van der Waals surface area contributed by atoms with Gasteiger partial charge in [0, 0.05) is 12.8 Å². The lowest BCUT2D eigenvalue weighted by Crippen LogP contribution is -2.28. The second-order valence-corrected chi connectivity index (χ2v) is 7.45. The van der Waals surface area contributed by atoms with Gasteiger partial charge in [-0.3, -0.25) is 9.59 Å². The molecule has 0 aromatic heterocycles. The highest BCUT2D eigenvalue weighted by atomic mass is 16.7. The van der Waals surface area contributed by atoms with Crippen LogP contribution in [0.4, 0.5) is 0 Å². The van der Waals surface area contributed by atoms with Crippen LogP contribution in [0.3, 0.4) is 0 Å². The molecule has 1 fully saturated rings. The van der Waals surface area contributed by atoms with Crippen LogP contribution in [0, 0.1) is 11.8 Å². The summed E-state index contributed by atoms with van der Waals surface area (Å²) in [6.07, 6.45) is -0.221. The van der Waals surface area contributed by atoms with Crippen molar-refractivity contribution in [1.29, 1.82) is 0 Å². The van der Waals surface area contributed by atoms with E-state index in [1.165, 1.54) is 6.92 Å². The van der Waals surface area contributed by atoms with Gasteiger partial charge in [-0.1, -0.05) is 12.1 Å². The van der Waals surface area contributed by atoms with Crippen molar-refractivity contribution < 1.29 is 38.0 Å². The lowest BCUT2D eigenvalue weighted by atomic mass is 9.82. The molecule has 0 N–H and O–H groups in total.